The third-order valence-corrected chi connectivity index (χ3v) is 3.28. The van der Waals surface area contributed by atoms with Crippen LogP contribution in [-0.2, 0) is 0 Å². The van der Waals surface area contributed by atoms with Gasteiger partial charge in [0.05, 0.1) is 0 Å². The summed E-state index contributed by atoms with van der Waals surface area (Å²) in [5.74, 6) is -0.111. The number of nitrogens with zero attached hydrogens (tertiary/aromatic N) is 2. The lowest BCUT2D eigenvalue weighted by molar-refractivity contribution is 0.509. The molecule has 0 amide bonds. The van der Waals surface area contributed by atoms with Gasteiger partial charge in [0.1, 0.15) is 5.82 Å². The predicted octanol–water partition coefficient (Wildman–Crippen LogP) is 3.73. The van der Waals surface area contributed by atoms with E-state index in [0.717, 1.165) is 43.0 Å². The zero-order valence-electron chi connectivity index (χ0n) is 11.2. The third-order valence-electron chi connectivity index (χ3n) is 3.28. The molecule has 1 aromatic heterocycles. The van der Waals surface area contributed by atoms with Crippen molar-refractivity contribution in [1.29, 1.82) is 0 Å². The predicted molar refractivity (Wildman–Crippen MR) is 73.5 cm³/mol. The first-order valence-corrected chi connectivity index (χ1v) is 6.75. The molecule has 0 bridgehead atoms. The molecule has 20 heavy (non-hydrogen) atoms. The molecule has 3 nitrogen and oxygen atoms in total. The number of benzene rings is 1. The van der Waals surface area contributed by atoms with Crippen molar-refractivity contribution >= 4 is 5.82 Å². The molecule has 2 aromatic rings. The fourth-order valence-electron chi connectivity index (χ4n) is 2.09. The molecule has 0 atom stereocenters. The molecule has 1 heterocycles. The van der Waals surface area contributed by atoms with Crippen molar-refractivity contribution in [3.05, 3.63) is 41.6 Å². The van der Waals surface area contributed by atoms with Crippen molar-refractivity contribution < 1.29 is 8.78 Å². The summed E-state index contributed by atoms with van der Waals surface area (Å²) in [6.07, 6.45) is 2.25. The lowest BCUT2D eigenvalue weighted by Gasteiger charge is -2.09. The molecule has 104 valence electrons. The molecule has 0 saturated heterocycles. The zero-order chi connectivity index (χ0) is 14.1. The van der Waals surface area contributed by atoms with E-state index in [2.05, 4.69) is 15.3 Å². The summed E-state index contributed by atoms with van der Waals surface area (Å²) in [4.78, 5) is 8.84. The van der Waals surface area contributed by atoms with Gasteiger partial charge in [-0.05, 0) is 38.0 Å². The maximum absolute atomic E-state index is 13.3. The first-order chi connectivity index (χ1) is 9.67. The summed E-state index contributed by atoms with van der Waals surface area (Å²) in [6.45, 7) is 2.73. The number of anilines is 1. The molecule has 0 unspecified atom stereocenters. The van der Waals surface area contributed by atoms with Crippen LogP contribution in [0.15, 0.2) is 24.3 Å². The Morgan fingerprint density at radius 1 is 1.15 bits per heavy atom. The lowest BCUT2D eigenvalue weighted by Crippen LogP contribution is -2.04. The fraction of sp³-hybridized carbons (Fsp3) is 0.333. The second-order valence-electron chi connectivity index (χ2n) is 4.94. The van der Waals surface area contributed by atoms with Crippen molar-refractivity contribution in [2.45, 2.75) is 25.7 Å². The van der Waals surface area contributed by atoms with E-state index in [1.54, 1.807) is 0 Å². The summed E-state index contributed by atoms with van der Waals surface area (Å²) < 4.78 is 26.3. The fourth-order valence-corrected chi connectivity index (χ4v) is 2.09. The first kappa shape index (κ1) is 13.0. The molecule has 0 spiro atoms. The number of rotatable bonds is 4. The molecule has 0 radical (unpaired) electrons. The molecule has 1 aliphatic carbocycles. The van der Waals surface area contributed by atoms with Gasteiger partial charge in [0.2, 0.25) is 0 Å². The van der Waals surface area contributed by atoms with E-state index < -0.39 is 11.6 Å². The van der Waals surface area contributed by atoms with E-state index >= 15 is 0 Å². The largest absolute Gasteiger partial charge is 0.370 e. The average molecular weight is 275 g/mol. The van der Waals surface area contributed by atoms with Crippen LogP contribution in [0.1, 0.15) is 31.4 Å². The minimum absolute atomic E-state index is 0.434. The standard InChI is InChI=1S/C15H15F2N3/c1-2-18-14-8-13(9-3-4-9)19-15(20-14)10-5-6-11(16)12(17)7-10/h5-9H,2-4H2,1H3,(H,18,19,20). The van der Waals surface area contributed by atoms with Crippen LogP contribution in [0, 0.1) is 11.6 Å². The van der Waals surface area contributed by atoms with Crippen LogP contribution in [-0.4, -0.2) is 16.5 Å². The van der Waals surface area contributed by atoms with Gasteiger partial charge in [-0.3, -0.25) is 0 Å². The molecule has 1 aromatic carbocycles. The monoisotopic (exact) mass is 275 g/mol. The van der Waals surface area contributed by atoms with E-state index in [0.29, 0.717) is 17.3 Å². The SMILES string of the molecule is CCNc1cc(C2CC2)nc(-c2ccc(F)c(F)c2)n1. The molecular formula is C15H15F2N3. The summed E-state index contributed by atoms with van der Waals surface area (Å²) in [5, 5.41) is 3.15. The molecule has 1 aliphatic rings. The van der Waals surface area contributed by atoms with Gasteiger partial charge in [-0.15, -0.1) is 0 Å². The first-order valence-electron chi connectivity index (χ1n) is 6.75. The molecule has 5 heteroatoms. The smallest absolute Gasteiger partial charge is 0.161 e. The van der Waals surface area contributed by atoms with Gasteiger partial charge < -0.3 is 5.32 Å². The number of nitrogens with one attached hydrogen (secondary N) is 1. The Morgan fingerprint density at radius 2 is 1.95 bits per heavy atom. The van der Waals surface area contributed by atoms with Crippen molar-refractivity contribution in [2.24, 2.45) is 0 Å². The van der Waals surface area contributed by atoms with Crippen LogP contribution in [0.4, 0.5) is 14.6 Å². The Labute approximate surface area is 116 Å². The second-order valence-corrected chi connectivity index (χ2v) is 4.94. The number of halogens is 2. The van der Waals surface area contributed by atoms with Gasteiger partial charge >= 0.3 is 0 Å². The summed E-state index contributed by atoms with van der Waals surface area (Å²) in [7, 11) is 0. The van der Waals surface area contributed by atoms with Crippen LogP contribution in [0.5, 0.6) is 0 Å². The van der Waals surface area contributed by atoms with Crippen molar-refractivity contribution in [2.75, 3.05) is 11.9 Å². The Kier molecular flexibility index (Phi) is 3.34. The van der Waals surface area contributed by atoms with E-state index in [1.807, 2.05) is 13.0 Å². The lowest BCUT2D eigenvalue weighted by atomic mass is 10.2. The van der Waals surface area contributed by atoms with E-state index in [4.69, 9.17) is 0 Å². The van der Waals surface area contributed by atoms with E-state index in [9.17, 15) is 8.78 Å². The second kappa shape index (κ2) is 5.15. The van der Waals surface area contributed by atoms with Crippen LogP contribution >= 0.6 is 0 Å². The normalized spacial score (nSPS) is 14.3. The highest BCUT2D eigenvalue weighted by molar-refractivity contribution is 5.58. The summed E-state index contributed by atoms with van der Waals surface area (Å²) >= 11 is 0. The molecule has 3 rings (SSSR count). The van der Waals surface area contributed by atoms with Crippen LogP contribution < -0.4 is 5.32 Å². The van der Waals surface area contributed by atoms with Gasteiger partial charge in [0.15, 0.2) is 17.5 Å². The van der Waals surface area contributed by atoms with Gasteiger partial charge in [0.25, 0.3) is 0 Å². The van der Waals surface area contributed by atoms with Crippen molar-refractivity contribution in [1.82, 2.24) is 9.97 Å². The summed E-state index contributed by atoms with van der Waals surface area (Å²) in [6, 6.07) is 5.67. The minimum Gasteiger partial charge on any atom is -0.370 e. The Balaban J connectivity index is 2.04. The third kappa shape index (κ3) is 2.61. The van der Waals surface area contributed by atoms with E-state index in [-0.39, 0.29) is 0 Å². The van der Waals surface area contributed by atoms with Gasteiger partial charge in [-0.2, -0.15) is 0 Å². The highest BCUT2D eigenvalue weighted by atomic mass is 19.2. The average Bonchev–Trinajstić information content (AvgIpc) is 3.26. The molecule has 1 N–H and O–H groups in total. The van der Waals surface area contributed by atoms with Crippen molar-refractivity contribution in [3.63, 3.8) is 0 Å². The Hall–Kier alpha value is -2.04. The molecule has 0 aliphatic heterocycles. The molecular weight excluding hydrogens is 260 g/mol. The number of hydrogen-bond donors (Lipinski definition) is 1. The number of aromatic nitrogens is 2. The topological polar surface area (TPSA) is 37.8 Å². The van der Waals surface area contributed by atoms with Crippen LogP contribution in [0.2, 0.25) is 0 Å². The van der Waals surface area contributed by atoms with Crippen LogP contribution in [0.3, 0.4) is 0 Å². The van der Waals surface area contributed by atoms with E-state index in [1.165, 1.54) is 6.07 Å². The maximum atomic E-state index is 13.3. The van der Waals surface area contributed by atoms with Crippen LogP contribution in [0.25, 0.3) is 11.4 Å². The van der Waals surface area contributed by atoms with Gasteiger partial charge in [-0.1, -0.05) is 0 Å². The Bertz CT molecular complexity index is 639. The quantitative estimate of drug-likeness (QED) is 0.923. The highest BCUT2D eigenvalue weighted by Gasteiger charge is 2.26. The summed E-state index contributed by atoms with van der Waals surface area (Å²) in [5.41, 5.74) is 1.46. The van der Waals surface area contributed by atoms with Gasteiger partial charge in [-0.25, -0.2) is 18.7 Å². The molecule has 1 fully saturated rings. The highest BCUT2D eigenvalue weighted by Crippen LogP contribution is 2.40. The minimum atomic E-state index is -0.882. The Morgan fingerprint density at radius 3 is 2.60 bits per heavy atom. The molecule has 1 saturated carbocycles. The zero-order valence-corrected chi connectivity index (χ0v) is 11.2. The maximum Gasteiger partial charge on any atom is 0.161 e. The number of hydrogen-bond acceptors (Lipinski definition) is 3. The van der Waals surface area contributed by atoms with Gasteiger partial charge in [0, 0.05) is 29.8 Å². The van der Waals surface area contributed by atoms with Crippen molar-refractivity contribution in [3.8, 4) is 11.4 Å².